The van der Waals surface area contributed by atoms with Gasteiger partial charge in [-0.25, -0.2) is 4.79 Å². The Hall–Kier alpha value is -2.56. The molecule has 0 bridgehead atoms. The topological polar surface area (TPSA) is 103 Å². The maximum Gasteiger partial charge on any atom is 0.319 e. The summed E-state index contributed by atoms with van der Waals surface area (Å²) in [4.78, 5) is 31.1. The smallest absolute Gasteiger partial charge is 0.319 e. The molecule has 11 heteroatoms. The number of aliphatic hydroxyl groups is 1. The largest absolute Gasteiger partial charge is 0.490 e. The maximum absolute atomic E-state index is 14.4. The molecule has 0 spiro atoms. The standard InChI is InChI=1S/C36H52Cl2N4O5/c1-24-20-42(25(2)23-43)35(44)30-19-29(40-36(45)39-28-11-6-5-7-12-28)14-16-33(30)47-26(3)10-8-9-17-46-34(24)22-41(4)21-27-13-15-31(37)32(38)18-27/h13-16,18-19,24-26,28,34,43H,5-12,17,20-23H2,1-4H3,(H2,39,40,45)/t24-,25-,26+,34+/m0/s1. The normalized spacial score (nSPS) is 22.6. The number of carbonyl (C=O) groups excluding carboxylic acids is 2. The molecule has 0 radical (unpaired) electrons. The lowest BCUT2D eigenvalue weighted by molar-refractivity contribution is -0.0177. The third-order valence-electron chi connectivity index (χ3n) is 9.18. The van der Waals surface area contributed by atoms with E-state index in [4.69, 9.17) is 32.7 Å². The summed E-state index contributed by atoms with van der Waals surface area (Å²) < 4.78 is 12.8. The second kappa shape index (κ2) is 18.3. The van der Waals surface area contributed by atoms with E-state index in [1.165, 1.54) is 6.42 Å². The molecule has 47 heavy (non-hydrogen) atoms. The molecule has 0 unspecified atom stereocenters. The number of carbonyl (C=O) groups is 2. The summed E-state index contributed by atoms with van der Waals surface area (Å²) >= 11 is 12.4. The quantitative estimate of drug-likeness (QED) is 0.267. The van der Waals surface area contributed by atoms with Gasteiger partial charge in [0.25, 0.3) is 5.91 Å². The van der Waals surface area contributed by atoms with Crippen LogP contribution in [0.5, 0.6) is 5.75 Å². The molecule has 4 atom stereocenters. The molecule has 1 aliphatic carbocycles. The number of anilines is 1. The van der Waals surface area contributed by atoms with Crippen LogP contribution in [-0.2, 0) is 11.3 Å². The minimum atomic E-state index is -0.455. The Morgan fingerprint density at radius 2 is 1.79 bits per heavy atom. The van der Waals surface area contributed by atoms with E-state index in [2.05, 4.69) is 22.5 Å². The highest BCUT2D eigenvalue weighted by molar-refractivity contribution is 6.42. The van der Waals surface area contributed by atoms with Crippen molar-refractivity contribution in [3.05, 3.63) is 57.6 Å². The van der Waals surface area contributed by atoms with Gasteiger partial charge < -0.3 is 30.1 Å². The number of likely N-dealkylation sites (N-methyl/N-ethyl adjacent to an activating group) is 1. The molecule has 1 saturated carbocycles. The van der Waals surface area contributed by atoms with Crippen LogP contribution in [0.3, 0.4) is 0 Å². The van der Waals surface area contributed by atoms with E-state index < -0.39 is 6.04 Å². The number of aliphatic hydroxyl groups excluding tert-OH is 1. The van der Waals surface area contributed by atoms with Crippen molar-refractivity contribution in [3.63, 3.8) is 0 Å². The summed E-state index contributed by atoms with van der Waals surface area (Å²) in [5, 5.41) is 17.3. The summed E-state index contributed by atoms with van der Waals surface area (Å²) in [6.45, 7) is 7.98. The van der Waals surface area contributed by atoms with Crippen molar-refractivity contribution in [1.29, 1.82) is 0 Å². The molecule has 9 nitrogen and oxygen atoms in total. The first-order chi connectivity index (χ1) is 22.5. The number of hydrogen-bond donors (Lipinski definition) is 3. The van der Waals surface area contributed by atoms with E-state index in [0.717, 1.165) is 50.5 Å². The van der Waals surface area contributed by atoms with Gasteiger partial charge in [-0.1, -0.05) is 55.5 Å². The van der Waals surface area contributed by atoms with E-state index in [0.29, 0.717) is 53.3 Å². The number of hydrogen-bond acceptors (Lipinski definition) is 6. The summed E-state index contributed by atoms with van der Waals surface area (Å²) in [6, 6.07) is 10.3. The van der Waals surface area contributed by atoms with Gasteiger partial charge in [-0.15, -0.1) is 0 Å². The van der Waals surface area contributed by atoms with Gasteiger partial charge in [0.05, 0.1) is 40.5 Å². The van der Waals surface area contributed by atoms with Crippen molar-refractivity contribution in [2.75, 3.05) is 38.7 Å². The molecule has 2 aliphatic rings. The lowest BCUT2D eigenvalue weighted by Crippen LogP contribution is -2.47. The summed E-state index contributed by atoms with van der Waals surface area (Å²) in [6.07, 6.45) is 7.69. The molecule has 4 rings (SSSR count). The highest BCUT2D eigenvalue weighted by Gasteiger charge is 2.30. The van der Waals surface area contributed by atoms with Crippen molar-refractivity contribution in [2.24, 2.45) is 5.92 Å². The van der Waals surface area contributed by atoms with Crippen LogP contribution >= 0.6 is 23.2 Å². The average molecular weight is 692 g/mol. The summed E-state index contributed by atoms with van der Waals surface area (Å²) in [5.74, 6) is 0.143. The van der Waals surface area contributed by atoms with Crippen molar-refractivity contribution in [1.82, 2.24) is 15.1 Å². The number of rotatable bonds is 8. The fraction of sp³-hybridized carbons (Fsp3) is 0.611. The van der Waals surface area contributed by atoms with E-state index in [1.54, 1.807) is 29.2 Å². The molecule has 2 aromatic rings. The lowest BCUT2D eigenvalue weighted by Gasteiger charge is -2.36. The Balaban J connectivity index is 1.56. The van der Waals surface area contributed by atoms with E-state index in [1.807, 2.05) is 33.0 Å². The second-order valence-electron chi connectivity index (χ2n) is 13.4. The van der Waals surface area contributed by atoms with Crippen molar-refractivity contribution < 1.29 is 24.2 Å². The molecule has 1 fully saturated rings. The number of halogens is 2. The highest BCUT2D eigenvalue weighted by Crippen LogP contribution is 2.29. The van der Waals surface area contributed by atoms with Crippen LogP contribution in [0.4, 0.5) is 10.5 Å². The van der Waals surface area contributed by atoms with Crippen molar-refractivity contribution in [3.8, 4) is 5.75 Å². The van der Waals surface area contributed by atoms with Gasteiger partial charge in [-0.05, 0) is 88.9 Å². The molecule has 3 amide bonds. The van der Waals surface area contributed by atoms with Gasteiger partial charge in [0, 0.05) is 43.9 Å². The van der Waals surface area contributed by atoms with Crippen molar-refractivity contribution >= 4 is 40.8 Å². The van der Waals surface area contributed by atoms with Gasteiger partial charge in [-0.2, -0.15) is 0 Å². The predicted molar refractivity (Wildman–Crippen MR) is 189 cm³/mol. The molecule has 0 aromatic heterocycles. The molecular formula is C36H52Cl2N4O5. The van der Waals surface area contributed by atoms with Crippen LogP contribution in [-0.4, -0.2) is 84.5 Å². The first-order valence-corrected chi connectivity index (χ1v) is 17.8. The molecule has 0 saturated heterocycles. The predicted octanol–water partition coefficient (Wildman–Crippen LogP) is 7.38. The fourth-order valence-electron chi connectivity index (χ4n) is 6.38. The molecular weight excluding hydrogens is 639 g/mol. The van der Waals surface area contributed by atoms with Crippen LogP contribution in [0.25, 0.3) is 0 Å². The molecule has 260 valence electrons. The Bertz CT molecular complexity index is 1320. The third-order valence-corrected chi connectivity index (χ3v) is 9.92. The number of nitrogens with one attached hydrogen (secondary N) is 2. The van der Waals surface area contributed by atoms with Gasteiger partial charge in [0.1, 0.15) is 5.75 Å². The number of fused-ring (bicyclic) bond motifs is 1. The Morgan fingerprint density at radius 3 is 2.51 bits per heavy atom. The van der Waals surface area contributed by atoms with Crippen LogP contribution in [0.2, 0.25) is 10.0 Å². The summed E-state index contributed by atoms with van der Waals surface area (Å²) in [7, 11) is 2.04. The van der Waals surface area contributed by atoms with Crippen molar-refractivity contribution in [2.45, 2.75) is 103 Å². The first-order valence-electron chi connectivity index (χ1n) is 17.1. The summed E-state index contributed by atoms with van der Waals surface area (Å²) in [5.41, 5.74) is 1.91. The number of urea groups is 1. The molecule has 1 heterocycles. The van der Waals surface area contributed by atoms with Gasteiger partial charge >= 0.3 is 6.03 Å². The van der Waals surface area contributed by atoms with E-state index >= 15 is 0 Å². The lowest BCUT2D eigenvalue weighted by atomic mass is 9.96. The molecule has 1 aliphatic heterocycles. The van der Waals surface area contributed by atoms with E-state index in [-0.39, 0.29) is 42.7 Å². The van der Waals surface area contributed by atoms with Crippen LogP contribution < -0.4 is 15.4 Å². The zero-order valence-electron chi connectivity index (χ0n) is 28.3. The molecule has 2 aromatic carbocycles. The van der Waals surface area contributed by atoms with E-state index in [9.17, 15) is 14.7 Å². The Labute approximate surface area is 290 Å². The maximum atomic E-state index is 14.4. The number of ether oxygens (including phenoxy) is 2. The number of amides is 3. The van der Waals surface area contributed by atoms with Crippen LogP contribution in [0, 0.1) is 5.92 Å². The van der Waals surface area contributed by atoms with Gasteiger partial charge in [0.15, 0.2) is 0 Å². The number of nitrogens with zero attached hydrogens (tertiary/aromatic N) is 2. The second-order valence-corrected chi connectivity index (χ2v) is 14.2. The molecule has 3 N–H and O–H groups in total. The SMILES string of the molecule is C[C@@H]1CCCCO[C@H](CN(C)Cc2ccc(Cl)c(Cl)c2)[C@@H](C)CN([C@@H](C)CO)C(=O)c2cc(NC(=O)NC3CCCCC3)ccc2O1. The first kappa shape index (κ1) is 37.3. The van der Waals surface area contributed by atoms with Gasteiger partial charge in [0.2, 0.25) is 0 Å². The average Bonchev–Trinajstić information content (AvgIpc) is 3.04. The van der Waals surface area contributed by atoms with Crippen LogP contribution in [0.1, 0.15) is 88.1 Å². The number of benzene rings is 2. The monoisotopic (exact) mass is 690 g/mol. The minimum Gasteiger partial charge on any atom is -0.490 e. The fourth-order valence-corrected chi connectivity index (χ4v) is 6.70. The van der Waals surface area contributed by atoms with Crippen LogP contribution in [0.15, 0.2) is 36.4 Å². The third kappa shape index (κ3) is 11.2. The Morgan fingerprint density at radius 1 is 1.04 bits per heavy atom. The van der Waals surface area contributed by atoms with Gasteiger partial charge in [-0.3, -0.25) is 9.69 Å². The highest BCUT2D eigenvalue weighted by atomic mass is 35.5. The zero-order valence-corrected chi connectivity index (χ0v) is 29.8. The zero-order chi connectivity index (χ0) is 33.9. The Kier molecular flexibility index (Phi) is 14.5. The minimum absolute atomic E-state index is 0.0574.